The van der Waals surface area contributed by atoms with E-state index in [1.165, 1.54) is 5.56 Å². The lowest BCUT2D eigenvalue weighted by Gasteiger charge is -2.12. The van der Waals surface area contributed by atoms with Crippen LogP contribution in [0.5, 0.6) is 0 Å². The average molecular weight is 333 g/mol. The number of carbonyl (C=O) groups is 1. The molecule has 3 aromatic carbocycles. The second-order valence-electron chi connectivity index (χ2n) is 5.47. The minimum atomic E-state index is -0.0690. The van der Waals surface area contributed by atoms with Crippen molar-refractivity contribution < 1.29 is 4.79 Å². The summed E-state index contributed by atoms with van der Waals surface area (Å²) in [6.45, 7) is 0. The number of anilines is 1. The van der Waals surface area contributed by atoms with E-state index in [9.17, 15) is 4.79 Å². The van der Waals surface area contributed by atoms with Crippen molar-refractivity contribution in [1.29, 1.82) is 0 Å². The Labute approximate surface area is 146 Å². The summed E-state index contributed by atoms with van der Waals surface area (Å²) in [5.41, 5.74) is 3.91. The highest BCUT2D eigenvalue weighted by atomic mass is 32.2. The third-order valence-corrected chi connectivity index (χ3v) is 4.65. The van der Waals surface area contributed by atoms with Gasteiger partial charge in [-0.3, -0.25) is 4.79 Å². The molecule has 0 aliphatic carbocycles. The first-order valence-corrected chi connectivity index (χ1v) is 9.06. The van der Waals surface area contributed by atoms with Crippen molar-refractivity contribution in [3.05, 3.63) is 95.6 Å². The van der Waals surface area contributed by atoms with E-state index in [2.05, 4.69) is 23.5 Å². The van der Waals surface area contributed by atoms with E-state index in [0.29, 0.717) is 5.56 Å². The molecule has 0 aromatic heterocycles. The maximum absolute atomic E-state index is 12.7. The molecule has 1 amide bonds. The number of rotatable bonds is 5. The number of nitrogens with one attached hydrogen (secondary N) is 1. The van der Waals surface area contributed by atoms with Gasteiger partial charge in [0.15, 0.2) is 0 Å². The molecule has 0 saturated carbocycles. The fourth-order valence-corrected chi connectivity index (χ4v) is 3.23. The maximum atomic E-state index is 12.7. The Bertz CT molecular complexity index is 830. The van der Waals surface area contributed by atoms with E-state index in [-0.39, 0.29) is 5.91 Å². The second-order valence-corrected chi connectivity index (χ2v) is 6.32. The number of thioether (sulfide) groups is 1. The van der Waals surface area contributed by atoms with Gasteiger partial charge in [0.1, 0.15) is 0 Å². The zero-order valence-electron chi connectivity index (χ0n) is 13.5. The smallest absolute Gasteiger partial charge is 0.256 e. The number of hydrogen-bond acceptors (Lipinski definition) is 2. The molecule has 0 aliphatic heterocycles. The average Bonchev–Trinajstić information content (AvgIpc) is 2.64. The van der Waals surface area contributed by atoms with E-state index < -0.39 is 0 Å². The Hall–Kier alpha value is -2.52. The zero-order valence-corrected chi connectivity index (χ0v) is 14.3. The number of benzene rings is 3. The molecule has 24 heavy (non-hydrogen) atoms. The Morgan fingerprint density at radius 3 is 2.33 bits per heavy atom. The normalized spacial score (nSPS) is 10.4. The van der Waals surface area contributed by atoms with Gasteiger partial charge in [0.05, 0.1) is 5.56 Å². The van der Waals surface area contributed by atoms with Crippen molar-refractivity contribution in [2.24, 2.45) is 0 Å². The largest absolute Gasteiger partial charge is 0.322 e. The highest BCUT2D eigenvalue weighted by Gasteiger charge is 2.12. The molecule has 0 aliphatic rings. The number of amides is 1. The SMILES string of the molecule is CSc1ccccc1C(=O)Nc1ccccc1Cc1ccccc1. The Morgan fingerprint density at radius 2 is 1.54 bits per heavy atom. The van der Waals surface area contributed by atoms with Crippen molar-refractivity contribution in [2.45, 2.75) is 11.3 Å². The molecule has 3 aromatic rings. The van der Waals surface area contributed by atoms with Crippen LogP contribution in [0.2, 0.25) is 0 Å². The van der Waals surface area contributed by atoms with Gasteiger partial charge in [0.25, 0.3) is 5.91 Å². The lowest BCUT2D eigenvalue weighted by Crippen LogP contribution is -2.14. The fourth-order valence-electron chi connectivity index (χ4n) is 2.63. The van der Waals surface area contributed by atoms with Crippen LogP contribution in [0.4, 0.5) is 5.69 Å². The van der Waals surface area contributed by atoms with Crippen molar-refractivity contribution >= 4 is 23.4 Å². The third-order valence-electron chi connectivity index (χ3n) is 3.85. The molecular weight excluding hydrogens is 314 g/mol. The quantitative estimate of drug-likeness (QED) is 0.646. The molecule has 0 heterocycles. The van der Waals surface area contributed by atoms with Gasteiger partial charge in [-0.1, -0.05) is 60.7 Å². The molecular formula is C21H19NOS. The summed E-state index contributed by atoms with van der Waals surface area (Å²) >= 11 is 1.58. The van der Waals surface area contributed by atoms with E-state index >= 15 is 0 Å². The Morgan fingerprint density at radius 1 is 0.875 bits per heavy atom. The van der Waals surface area contributed by atoms with Crippen LogP contribution >= 0.6 is 11.8 Å². The van der Waals surface area contributed by atoms with Crippen molar-refractivity contribution in [3.63, 3.8) is 0 Å². The molecule has 3 rings (SSSR count). The number of carbonyl (C=O) groups excluding carboxylic acids is 1. The van der Waals surface area contributed by atoms with Gasteiger partial charge in [0, 0.05) is 10.6 Å². The van der Waals surface area contributed by atoms with Crippen LogP contribution in [0.25, 0.3) is 0 Å². The first-order chi connectivity index (χ1) is 11.8. The monoisotopic (exact) mass is 333 g/mol. The summed E-state index contributed by atoms with van der Waals surface area (Å²) < 4.78 is 0. The molecule has 120 valence electrons. The molecule has 0 radical (unpaired) electrons. The third kappa shape index (κ3) is 3.87. The summed E-state index contributed by atoms with van der Waals surface area (Å²) in [6.07, 6.45) is 2.77. The first-order valence-electron chi connectivity index (χ1n) is 7.84. The van der Waals surface area contributed by atoms with Crippen molar-refractivity contribution in [2.75, 3.05) is 11.6 Å². The van der Waals surface area contributed by atoms with Gasteiger partial charge >= 0.3 is 0 Å². The van der Waals surface area contributed by atoms with Gasteiger partial charge in [-0.25, -0.2) is 0 Å². The summed E-state index contributed by atoms with van der Waals surface area (Å²) in [4.78, 5) is 13.7. The Kier molecular flexibility index (Phi) is 5.34. The van der Waals surface area contributed by atoms with Gasteiger partial charge in [-0.2, -0.15) is 0 Å². The van der Waals surface area contributed by atoms with Gasteiger partial charge in [-0.15, -0.1) is 11.8 Å². The molecule has 0 fully saturated rings. The van der Waals surface area contributed by atoms with Gasteiger partial charge < -0.3 is 5.32 Å². The van der Waals surface area contributed by atoms with Crippen LogP contribution in [0, 0.1) is 0 Å². The summed E-state index contributed by atoms with van der Waals surface area (Å²) in [5, 5.41) is 3.07. The zero-order chi connectivity index (χ0) is 16.8. The fraction of sp³-hybridized carbons (Fsp3) is 0.0952. The van der Waals surface area contributed by atoms with Crippen molar-refractivity contribution in [3.8, 4) is 0 Å². The maximum Gasteiger partial charge on any atom is 0.256 e. The predicted octanol–water partition coefficient (Wildman–Crippen LogP) is 5.25. The highest BCUT2D eigenvalue weighted by molar-refractivity contribution is 7.98. The van der Waals surface area contributed by atoms with Gasteiger partial charge in [0.2, 0.25) is 0 Å². The van der Waals surface area contributed by atoms with Gasteiger partial charge in [-0.05, 0) is 42.0 Å². The van der Waals surface area contributed by atoms with Crippen LogP contribution in [-0.2, 0) is 6.42 Å². The second kappa shape index (κ2) is 7.84. The van der Waals surface area contributed by atoms with Crippen LogP contribution in [0.15, 0.2) is 83.8 Å². The number of hydrogen-bond donors (Lipinski definition) is 1. The summed E-state index contributed by atoms with van der Waals surface area (Å²) in [7, 11) is 0. The lowest BCUT2D eigenvalue weighted by atomic mass is 10.0. The van der Waals surface area contributed by atoms with Crippen LogP contribution in [-0.4, -0.2) is 12.2 Å². The Balaban J connectivity index is 1.84. The molecule has 1 N–H and O–H groups in total. The van der Waals surface area contributed by atoms with Crippen molar-refractivity contribution in [1.82, 2.24) is 0 Å². The van der Waals surface area contributed by atoms with Crippen LogP contribution < -0.4 is 5.32 Å². The first kappa shape index (κ1) is 16.3. The lowest BCUT2D eigenvalue weighted by molar-refractivity contribution is 0.102. The van der Waals surface area contributed by atoms with E-state index in [1.807, 2.05) is 66.9 Å². The number of para-hydroxylation sites is 1. The highest BCUT2D eigenvalue weighted by Crippen LogP contribution is 2.23. The van der Waals surface area contributed by atoms with E-state index in [0.717, 1.165) is 22.6 Å². The summed E-state index contributed by atoms with van der Waals surface area (Å²) in [5.74, 6) is -0.0690. The minimum Gasteiger partial charge on any atom is -0.322 e. The topological polar surface area (TPSA) is 29.1 Å². The molecule has 0 unspecified atom stereocenters. The predicted molar refractivity (Wildman–Crippen MR) is 102 cm³/mol. The summed E-state index contributed by atoms with van der Waals surface area (Å²) in [6, 6.07) is 25.9. The molecule has 0 spiro atoms. The minimum absolute atomic E-state index is 0.0690. The standard InChI is InChI=1S/C21H19NOS/c1-24-20-14-8-6-12-18(20)21(23)22-19-13-7-5-11-17(19)15-16-9-3-2-4-10-16/h2-14H,15H2,1H3,(H,22,23). The van der Waals surface area contributed by atoms with E-state index in [4.69, 9.17) is 0 Å². The molecule has 3 heteroatoms. The molecule has 2 nitrogen and oxygen atoms in total. The van der Waals surface area contributed by atoms with E-state index in [1.54, 1.807) is 11.8 Å². The molecule has 0 saturated heterocycles. The van der Waals surface area contributed by atoms with Crippen LogP contribution in [0.1, 0.15) is 21.5 Å². The van der Waals surface area contributed by atoms with Crippen LogP contribution in [0.3, 0.4) is 0 Å². The molecule has 0 atom stereocenters. The molecule has 0 bridgehead atoms.